The molecule has 2 N–H and O–H groups in total. The van der Waals surface area contributed by atoms with E-state index in [0.717, 1.165) is 0 Å². The SMILES string of the molecule is CC(C#N)(NC(=O)C1C2C(CN1C(=O)C(NC(=O)C(F)(F)F)C(C)(C)C)C2(C)C)c1cncc(Cl)c1. The van der Waals surface area contributed by atoms with E-state index in [4.69, 9.17) is 11.6 Å². The van der Waals surface area contributed by atoms with Crippen LogP contribution in [0.5, 0.6) is 0 Å². The molecule has 2 aliphatic rings. The maximum absolute atomic E-state index is 13.6. The Kier molecular flexibility index (Phi) is 6.86. The van der Waals surface area contributed by atoms with Crippen molar-refractivity contribution in [1.29, 1.82) is 5.26 Å². The van der Waals surface area contributed by atoms with Crippen LogP contribution in [0.4, 0.5) is 13.2 Å². The number of nitrogens with zero attached hydrogens (tertiary/aromatic N) is 3. The largest absolute Gasteiger partial charge is 0.471 e. The molecule has 36 heavy (non-hydrogen) atoms. The lowest BCUT2D eigenvalue weighted by molar-refractivity contribution is -0.176. The molecule has 5 atom stereocenters. The Balaban J connectivity index is 1.93. The van der Waals surface area contributed by atoms with E-state index in [2.05, 4.69) is 10.3 Å². The highest BCUT2D eigenvalue weighted by molar-refractivity contribution is 6.30. The summed E-state index contributed by atoms with van der Waals surface area (Å²) in [7, 11) is 0. The Morgan fingerprint density at radius 1 is 1.22 bits per heavy atom. The van der Waals surface area contributed by atoms with Gasteiger partial charge in [-0.25, -0.2) is 0 Å². The topological polar surface area (TPSA) is 115 Å². The maximum Gasteiger partial charge on any atom is 0.471 e. The molecule has 3 amide bonds. The molecule has 0 radical (unpaired) electrons. The molecule has 1 aliphatic heterocycles. The average Bonchev–Trinajstić information content (AvgIpc) is 3.09. The van der Waals surface area contributed by atoms with Gasteiger partial charge in [0.1, 0.15) is 12.1 Å². The highest BCUT2D eigenvalue weighted by Crippen LogP contribution is 2.65. The first-order chi connectivity index (χ1) is 16.3. The first kappa shape index (κ1) is 27.7. The Bertz CT molecular complexity index is 1130. The molecular formula is C24H29ClF3N5O3. The number of hydrogen-bond donors (Lipinski definition) is 2. The third kappa shape index (κ3) is 5.01. The van der Waals surface area contributed by atoms with Crippen molar-refractivity contribution < 1.29 is 27.6 Å². The normalized spacial score (nSPS) is 25.1. The standard InChI is InChI=1S/C24H29ClF3N5O3/c1-21(2,3)17(31-20(36)24(26,27)28)19(35)33-10-14-15(22(14,4)5)16(33)18(34)32-23(6,11-29)12-7-13(25)9-30-8-12/h7-9,14-17H,10H2,1-6H3,(H,31,36)(H,32,34). The van der Waals surface area contributed by atoms with E-state index in [-0.39, 0.29) is 28.8 Å². The molecule has 1 saturated heterocycles. The first-order valence-electron chi connectivity index (χ1n) is 11.4. The van der Waals surface area contributed by atoms with Gasteiger partial charge in [0.25, 0.3) is 0 Å². The molecule has 2 heterocycles. The fourth-order valence-electron chi connectivity index (χ4n) is 5.01. The monoisotopic (exact) mass is 527 g/mol. The van der Waals surface area contributed by atoms with Gasteiger partial charge < -0.3 is 15.5 Å². The van der Waals surface area contributed by atoms with E-state index in [1.165, 1.54) is 51.1 Å². The molecule has 3 rings (SSSR count). The molecule has 0 bridgehead atoms. The van der Waals surface area contributed by atoms with Gasteiger partial charge in [-0.15, -0.1) is 0 Å². The molecule has 196 valence electrons. The number of amides is 3. The number of carbonyl (C=O) groups is 3. The zero-order valence-corrected chi connectivity index (χ0v) is 21.6. The highest BCUT2D eigenvalue weighted by atomic mass is 35.5. The van der Waals surface area contributed by atoms with Gasteiger partial charge in [0.2, 0.25) is 11.8 Å². The summed E-state index contributed by atoms with van der Waals surface area (Å²) in [4.78, 5) is 44.1. The first-order valence-corrected chi connectivity index (χ1v) is 11.7. The van der Waals surface area contributed by atoms with E-state index >= 15 is 0 Å². The molecular weight excluding hydrogens is 499 g/mol. The minimum Gasteiger partial charge on any atom is -0.336 e. The Labute approximate surface area is 212 Å². The van der Waals surface area contributed by atoms with Crippen LogP contribution in [0.25, 0.3) is 0 Å². The number of likely N-dealkylation sites (tertiary alicyclic amines) is 1. The van der Waals surface area contributed by atoms with Crippen LogP contribution >= 0.6 is 11.6 Å². The zero-order valence-electron chi connectivity index (χ0n) is 20.8. The van der Waals surface area contributed by atoms with Crippen molar-refractivity contribution in [3.05, 3.63) is 29.0 Å². The van der Waals surface area contributed by atoms with Crippen molar-refractivity contribution in [2.45, 2.75) is 65.3 Å². The number of fused-ring (bicyclic) bond motifs is 1. The third-order valence-corrected chi connectivity index (χ3v) is 7.49. The van der Waals surface area contributed by atoms with Gasteiger partial charge in [0, 0.05) is 24.5 Å². The van der Waals surface area contributed by atoms with Crippen LogP contribution in [0.2, 0.25) is 5.02 Å². The third-order valence-electron chi connectivity index (χ3n) is 7.29. The van der Waals surface area contributed by atoms with Crippen molar-refractivity contribution >= 4 is 29.3 Å². The maximum atomic E-state index is 13.6. The molecule has 0 spiro atoms. The summed E-state index contributed by atoms with van der Waals surface area (Å²) in [6.07, 6.45) is -2.41. The fourth-order valence-corrected chi connectivity index (χ4v) is 5.18. The number of rotatable bonds is 5. The van der Waals surface area contributed by atoms with Gasteiger partial charge in [-0.1, -0.05) is 46.2 Å². The summed E-state index contributed by atoms with van der Waals surface area (Å²) in [5.41, 5.74) is -2.56. The van der Waals surface area contributed by atoms with Gasteiger partial charge in [0.15, 0.2) is 5.54 Å². The summed E-state index contributed by atoms with van der Waals surface area (Å²) < 4.78 is 38.9. The molecule has 1 aromatic heterocycles. The van der Waals surface area contributed by atoms with E-state index in [1.54, 1.807) is 0 Å². The Hall–Kier alpha value is -2.87. The lowest BCUT2D eigenvalue weighted by Crippen LogP contribution is -2.61. The molecule has 2 fully saturated rings. The highest BCUT2D eigenvalue weighted by Gasteiger charge is 2.70. The van der Waals surface area contributed by atoms with Gasteiger partial charge in [-0.3, -0.25) is 19.4 Å². The summed E-state index contributed by atoms with van der Waals surface area (Å²) in [6.45, 7) is 10.1. The van der Waals surface area contributed by atoms with E-state index in [9.17, 15) is 32.8 Å². The van der Waals surface area contributed by atoms with Gasteiger partial charge in [-0.2, -0.15) is 18.4 Å². The summed E-state index contributed by atoms with van der Waals surface area (Å²) in [6, 6.07) is 0.968. The van der Waals surface area contributed by atoms with Crippen molar-refractivity contribution in [3.63, 3.8) is 0 Å². The second kappa shape index (κ2) is 8.91. The fraction of sp³-hybridized carbons (Fsp3) is 0.625. The van der Waals surface area contributed by atoms with Gasteiger partial charge in [0.05, 0.1) is 11.1 Å². The number of carbonyl (C=O) groups excluding carboxylic acids is 3. The molecule has 1 aliphatic carbocycles. The van der Waals surface area contributed by atoms with E-state index < -0.39 is 46.9 Å². The molecule has 8 nitrogen and oxygen atoms in total. The summed E-state index contributed by atoms with van der Waals surface area (Å²) in [5.74, 6) is -3.96. The number of pyridine rings is 1. The molecule has 1 saturated carbocycles. The number of alkyl halides is 3. The second-order valence-corrected chi connectivity index (χ2v) is 11.7. The van der Waals surface area contributed by atoms with Crippen LogP contribution in [-0.4, -0.2) is 52.4 Å². The van der Waals surface area contributed by atoms with E-state index in [1.807, 2.05) is 25.2 Å². The lowest BCUT2D eigenvalue weighted by atomic mass is 9.85. The van der Waals surface area contributed by atoms with Crippen LogP contribution in [0.15, 0.2) is 18.5 Å². The summed E-state index contributed by atoms with van der Waals surface area (Å²) in [5, 5.41) is 14.6. The number of nitriles is 1. The van der Waals surface area contributed by atoms with Crippen LogP contribution < -0.4 is 10.6 Å². The van der Waals surface area contributed by atoms with Crippen molar-refractivity contribution in [3.8, 4) is 6.07 Å². The number of nitrogens with one attached hydrogen (secondary N) is 2. The smallest absolute Gasteiger partial charge is 0.336 e. The predicted molar refractivity (Wildman–Crippen MR) is 124 cm³/mol. The van der Waals surface area contributed by atoms with Crippen molar-refractivity contribution in [2.24, 2.45) is 22.7 Å². The van der Waals surface area contributed by atoms with Crippen LogP contribution in [0.3, 0.4) is 0 Å². The van der Waals surface area contributed by atoms with Crippen molar-refractivity contribution in [1.82, 2.24) is 20.5 Å². The Morgan fingerprint density at radius 2 is 1.83 bits per heavy atom. The number of piperidine rings is 1. The van der Waals surface area contributed by atoms with Crippen LogP contribution in [-0.2, 0) is 19.9 Å². The van der Waals surface area contributed by atoms with Crippen LogP contribution in [0.1, 0.15) is 47.1 Å². The molecule has 5 unspecified atom stereocenters. The average molecular weight is 528 g/mol. The quantitative estimate of drug-likeness (QED) is 0.610. The zero-order chi connectivity index (χ0) is 27.4. The minimum atomic E-state index is -5.17. The number of halogens is 4. The molecule has 1 aromatic rings. The minimum absolute atomic E-state index is 0.0580. The second-order valence-electron chi connectivity index (χ2n) is 11.3. The van der Waals surface area contributed by atoms with E-state index in [0.29, 0.717) is 5.56 Å². The Morgan fingerprint density at radius 3 is 2.33 bits per heavy atom. The van der Waals surface area contributed by atoms with Gasteiger partial charge in [-0.05, 0) is 35.7 Å². The van der Waals surface area contributed by atoms with Crippen LogP contribution in [0, 0.1) is 34.0 Å². The summed E-state index contributed by atoms with van der Waals surface area (Å²) >= 11 is 6.00. The van der Waals surface area contributed by atoms with Gasteiger partial charge >= 0.3 is 12.1 Å². The number of aromatic nitrogens is 1. The molecule has 0 aromatic carbocycles. The molecule has 12 heteroatoms. The van der Waals surface area contributed by atoms with Crippen molar-refractivity contribution in [2.75, 3.05) is 6.54 Å². The number of hydrogen-bond acceptors (Lipinski definition) is 5. The lowest BCUT2D eigenvalue weighted by Gasteiger charge is -2.38. The predicted octanol–water partition coefficient (Wildman–Crippen LogP) is 3.17.